The maximum absolute atomic E-state index is 13.4. The number of hydrogen-bond acceptors (Lipinski definition) is 4. The number of halogens is 4. The molecule has 2 aromatic rings. The first-order chi connectivity index (χ1) is 17.7. The quantitative estimate of drug-likeness (QED) is 0.617. The summed E-state index contributed by atoms with van der Waals surface area (Å²) >= 11 is 0. The Bertz CT molecular complexity index is 1150. The van der Waals surface area contributed by atoms with Crippen molar-refractivity contribution < 1.29 is 27.2 Å². The zero-order chi connectivity index (χ0) is 26.2. The molecule has 198 valence electrons. The Kier molecular flexibility index (Phi) is 7.11. The van der Waals surface area contributed by atoms with Gasteiger partial charge in [-0.15, -0.1) is 0 Å². The fourth-order valence-electron chi connectivity index (χ4n) is 5.68. The molecule has 6 nitrogen and oxygen atoms in total. The van der Waals surface area contributed by atoms with Crippen molar-refractivity contribution in [2.75, 3.05) is 44.2 Å². The molecule has 2 saturated heterocycles. The summed E-state index contributed by atoms with van der Waals surface area (Å²) in [5.41, 5.74) is 1.20. The molecule has 0 aromatic heterocycles. The molecule has 3 aliphatic heterocycles. The van der Waals surface area contributed by atoms with Crippen molar-refractivity contribution >= 4 is 17.5 Å². The van der Waals surface area contributed by atoms with Crippen LogP contribution in [0.4, 0.5) is 23.2 Å². The third kappa shape index (κ3) is 5.58. The molecule has 2 unspecified atom stereocenters. The van der Waals surface area contributed by atoms with E-state index in [0.717, 1.165) is 43.6 Å². The van der Waals surface area contributed by atoms with Crippen molar-refractivity contribution in [3.05, 3.63) is 65.0 Å². The van der Waals surface area contributed by atoms with Gasteiger partial charge in [-0.05, 0) is 60.7 Å². The van der Waals surface area contributed by atoms with Crippen LogP contribution in [-0.2, 0) is 28.7 Å². The third-order valence-corrected chi connectivity index (χ3v) is 7.66. The summed E-state index contributed by atoms with van der Waals surface area (Å²) in [5, 5.41) is 2.89. The zero-order valence-corrected chi connectivity index (χ0v) is 20.4. The smallest absolute Gasteiger partial charge is 0.365 e. The number of nitrogens with one attached hydrogen (secondary N) is 1. The standard InChI is InChI=1S/C27H30F4N4O2/c28-21-6-3-18(4-7-21)15-32-26(37)22-14-19-13-20(27(29,30)31)5-8-23(19)35-12-11-33(16-24(22)35)17-25(36)34-9-1-2-10-34/h3-8,13,22,24H,1-2,9-12,14-17H2,(H,32,37). The first-order valence-corrected chi connectivity index (χ1v) is 12.7. The lowest BCUT2D eigenvalue weighted by Crippen LogP contribution is -2.62. The number of piperazine rings is 1. The van der Waals surface area contributed by atoms with E-state index in [1.165, 1.54) is 18.2 Å². The van der Waals surface area contributed by atoms with Gasteiger partial charge in [-0.25, -0.2) is 4.39 Å². The van der Waals surface area contributed by atoms with E-state index < -0.39 is 17.7 Å². The average Bonchev–Trinajstić information content (AvgIpc) is 3.42. The number of carbonyl (C=O) groups excluding carboxylic acids is 2. The second-order valence-corrected chi connectivity index (χ2v) is 10.1. The first-order valence-electron chi connectivity index (χ1n) is 12.7. The van der Waals surface area contributed by atoms with Crippen LogP contribution in [0.2, 0.25) is 0 Å². The molecule has 2 atom stereocenters. The molecule has 10 heteroatoms. The lowest BCUT2D eigenvalue weighted by Gasteiger charge is -2.49. The number of alkyl halides is 3. The maximum Gasteiger partial charge on any atom is 0.416 e. The Morgan fingerprint density at radius 3 is 2.41 bits per heavy atom. The minimum atomic E-state index is -4.47. The van der Waals surface area contributed by atoms with E-state index in [9.17, 15) is 27.2 Å². The molecule has 0 bridgehead atoms. The molecule has 3 aliphatic rings. The Morgan fingerprint density at radius 2 is 1.70 bits per heavy atom. The van der Waals surface area contributed by atoms with Crippen LogP contribution >= 0.6 is 0 Å². The van der Waals surface area contributed by atoms with Gasteiger partial charge >= 0.3 is 6.18 Å². The van der Waals surface area contributed by atoms with Crippen molar-refractivity contribution in [1.29, 1.82) is 0 Å². The minimum absolute atomic E-state index is 0.0780. The van der Waals surface area contributed by atoms with Gasteiger partial charge in [0, 0.05) is 45.0 Å². The van der Waals surface area contributed by atoms with Crippen molar-refractivity contribution in [2.45, 2.75) is 38.0 Å². The molecule has 3 heterocycles. The van der Waals surface area contributed by atoms with Crippen LogP contribution in [0.15, 0.2) is 42.5 Å². The number of hydrogen-bond donors (Lipinski definition) is 1. The summed E-state index contributed by atoms with van der Waals surface area (Å²) in [5.74, 6) is -1.16. The van der Waals surface area contributed by atoms with Crippen molar-refractivity contribution in [2.24, 2.45) is 5.92 Å². The Morgan fingerprint density at radius 1 is 0.973 bits per heavy atom. The highest BCUT2D eigenvalue weighted by Gasteiger charge is 2.43. The maximum atomic E-state index is 13.4. The van der Waals surface area contributed by atoms with Crippen LogP contribution in [0, 0.1) is 11.7 Å². The lowest BCUT2D eigenvalue weighted by molar-refractivity contribution is -0.137. The lowest BCUT2D eigenvalue weighted by atomic mass is 9.82. The predicted molar refractivity (Wildman–Crippen MR) is 130 cm³/mol. The molecule has 0 saturated carbocycles. The monoisotopic (exact) mass is 518 g/mol. The van der Waals surface area contributed by atoms with E-state index in [2.05, 4.69) is 10.2 Å². The molecule has 2 aromatic carbocycles. The molecule has 2 amide bonds. The second-order valence-electron chi connectivity index (χ2n) is 10.1. The van der Waals surface area contributed by atoms with Gasteiger partial charge in [0.25, 0.3) is 0 Å². The van der Waals surface area contributed by atoms with Crippen LogP contribution in [0.1, 0.15) is 29.5 Å². The Labute approximate surface area is 213 Å². The molecule has 2 fully saturated rings. The van der Waals surface area contributed by atoms with E-state index in [-0.39, 0.29) is 43.2 Å². The molecule has 0 spiro atoms. The SMILES string of the molecule is O=C(NCc1ccc(F)cc1)C1Cc2cc(C(F)(F)F)ccc2N2CCN(CC(=O)N3CCCC3)CC12. The number of fused-ring (bicyclic) bond motifs is 3. The topological polar surface area (TPSA) is 55.9 Å². The van der Waals surface area contributed by atoms with Gasteiger partial charge in [0.15, 0.2) is 0 Å². The number of benzene rings is 2. The number of anilines is 1. The number of rotatable bonds is 5. The van der Waals surface area contributed by atoms with Crippen molar-refractivity contribution in [3.8, 4) is 0 Å². The summed E-state index contributed by atoms with van der Waals surface area (Å²) in [6, 6.07) is 9.26. The summed E-state index contributed by atoms with van der Waals surface area (Å²) in [6.07, 6.45) is -2.28. The van der Waals surface area contributed by atoms with E-state index in [0.29, 0.717) is 30.9 Å². The van der Waals surface area contributed by atoms with Gasteiger partial charge in [-0.3, -0.25) is 14.5 Å². The van der Waals surface area contributed by atoms with Gasteiger partial charge in [-0.1, -0.05) is 12.1 Å². The van der Waals surface area contributed by atoms with Crippen molar-refractivity contribution in [3.63, 3.8) is 0 Å². The molecule has 5 rings (SSSR count). The number of nitrogens with zero attached hydrogens (tertiary/aromatic N) is 3. The summed E-state index contributed by atoms with van der Waals surface area (Å²) in [6.45, 7) is 3.56. The second kappa shape index (κ2) is 10.3. The van der Waals surface area contributed by atoms with E-state index >= 15 is 0 Å². The van der Waals surface area contributed by atoms with Crippen molar-refractivity contribution in [1.82, 2.24) is 15.1 Å². The molecule has 37 heavy (non-hydrogen) atoms. The van der Waals surface area contributed by atoms with Crippen LogP contribution in [0.3, 0.4) is 0 Å². The fraction of sp³-hybridized carbons (Fsp3) is 0.481. The minimum Gasteiger partial charge on any atom is -0.365 e. The van der Waals surface area contributed by atoms with Crippen LogP contribution in [-0.4, -0.2) is 66.9 Å². The summed E-state index contributed by atoms with van der Waals surface area (Å²) in [7, 11) is 0. The number of carbonyl (C=O) groups is 2. The molecule has 1 N–H and O–H groups in total. The molecular weight excluding hydrogens is 488 g/mol. The molecule has 0 radical (unpaired) electrons. The highest BCUT2D eigenvalue weighted by Crippen LogP contribution is 2.39. The van der Waals surface area contributed by atoms with Gasteiger partial charge in [0.1, 0.15) is 5.82 Å². The normalized spacial score (nSPS) is 21.9. The van der Waals surface area contributed by atoms with Gasteiger partial charge in [-0.2, -0.15) is 13.2 Å². The fourth-order valence-corrected chi connectivity index (χ4v) is 5.68. The van der Waals surface area contributed by atoms with Gasteiger partial charge in [0.05, 0.1) is 24.1 Å². The van der Waals surface area contributed by atoms with Crippen LogP contribution in [0.25, 0.3) is 0 Å². The summed E-state index contributed by atoms with van der Waals surface area (Å²) < 4.78 is 53.5. The highest BCUT2D eigenvalue weighted by molar-refractivity contribution is 5.82. The first kappa shape index (κ1) is 25.5. The van der Waals surface area contributed by atoms with Crippen LogP contribution < -0.4 is 10.2 Å². The summed E-state index contributed by atoms with van der Waals surface area (Å²) in [4.78, 5) is 32.1. The van der Waals surface area contributed by atoms with Crippen LogP contribution in [0.5, 0.6) is 0 Å². The molecular formula is C27H30F4N4O2. The van der Waals surface area contributed by atoms with E-state index in [1.54, 1.807) is 12.1 Å². The average molecular weight is 519 g/mol. The molecule has 0 aliphatic carbocycles. The van der Waals surface area contributed by atoms with Gasteiger partial charge in [0.2, 0.25) is 11.8 Å². The number of likely N-dealkylation sites (tertiary alicyclic amines) is 1. The largest absolute Gasteiger partial charge is 0.416 e. The van der Waals surface area contributed by atoms with E-state index in [1.807, 2.05) is 9.80 Å². The number of amides is 2. The van der Waals surface area contributed by atoms with E-state index in [4.69, 9.17) is 0 Å². The Balaban J connectivity index is 1.36. The highest BCUT2D eigenvalue weighted by atomic mass is 19.4. The predicted octanol–water partition coefficient (Wildman–Crippen LogP) is 3.45. The third-order valence-electron chi connectivity index (χ3n) is 7.66. The van der Waals surface area contributed by atoms with Gasteiger partial charge < -0.3 is 15.1 Å². The Hall–Kier alpha value is -3.14. The zero-order valence-electron chi connectivity index (χ0n) is 20.4.